The molecule has 37 heavy (non-hydrogen) atoms. The minimum Gasteiger partial charge on any atom is -0.398 e. The Kier molecular flexibility index (Phi) is 8.81. The number of rotatable bonds is 10. The van der Waals surface area contributed by atoms with Gasteiger partial charge < -0.3 is 5.73 Å². The number of anilines is 1. The molecule has 0 saturated carbocycles. The van der Waals surface area contributed by atoms with Crippen LogP contribution in [0.1, 0.15) is 11.1 Å². The summed E-state index contributed by atoms with van der Waals surface area (Å²) in [6.07, 6.45) is 4.24. The standard InChI is InChI=1S/C34H33NP2/c35-34-23-13-14-28(24-26-36(29-15-5-1-6-16-29)30-17-7-2-8-18-30)33(34)25-27-37(31-19-9-3-10-20-31)32-21-11-4-12-22-32/h1-23H,24-27,35H2. The predicted octanol–water partition coefficient (Wildman–Crippen LogP) is 6.62. The SMILES string of the molecule is Nc1cccc(CCP(c2ccccc2)c2ccccc2)c1CCP(c1ccccc1)c1ccccc1. The first-order valence-electron chi connectivity index (χ1n) is 12.9. The van der Waals surface area contributed by atoms with Gasteiger partial charge in [-0.05, 0) is 79.4 Å². The summed E-state index contributed by atoms with van der Waals surface area (Å²) in [5, 5.41) is 5.73. The quantitative estimate of drug-likeness (QED) is 0.164. The first-order valence-corrected chi connectivity index (χ1v) is 16.0. The van der Waals surface area contributed by atoms with Crippen LogP contribution < -0.4 is 27.0 Å². The summed E-state index contributed by atoms with van der Waals surface area (Å²) >= 11 is 0. The van der Waals surface area contributed by atoms with Gasteiger partial charge in [0.05, 0.1) is 0 Å². The van der Waals surface area contributed by atoms with Crippen LogP contribution in [0.5, 0.6) is 0 Å². The first-order chi connectivity index (χ1) is 18.3. The Morgan fingerprint density at radius 2 is 0.784 bits per heavy atom. The third-order valence-electron chi connectivity index (χ3n) is 6.77. The third kappa shape index (κ3) is 6.56. The Hall–Kier alpha value is -3.24. The molecule has 0 aromatic heterocycles. The van der Waals surface area contributed by atoms with Crippen LogP contribution in [0.2, 0.25) is 0 Å². The van der Waals surface area contributed by atoms with E-state index in [4.69, 9.17) is 5.73 Å². The summed E-state index contributed by atoms with van der Waals surface area (Å²) < 4.78 is 0. The zero-order valence-corrected chi connectivity index (χ0v) is 22.9. The Morgan fingerprint density at radius 3 is 1.19 bits per heavy atom. The number of aryl methyl sites for hydroxylation is 1. The number of benzene rings is 5. The van der Waals surface area contributed by atoms with Crippen LogP contribution in [-0.4, -0.2) is 12.3 Å². The van der Waals surface area contributed by atoms with Gasteiger partial charge in [-0.15, -0.1) is 0 Å². The van der Waals surface area contributed by atoms with Crippen LogP contribution in [0, 0.1) is 0 Å². The van der Waals surface area contributed by atoms with Gasteiger partial charge in [0, 0.05) is 5.69 Å². The highest BCUT2D eigenvalue weighted by Crippen LogP contribution is 2.37. The van der Waals surface area contributed by atoms with Gasteiger partial charge >= 0.3 is 0 Å². The largest absolute Gasteiger partial charge is 0.398 e. The molecular formula is C34H33NP2. The third-order valence-corrected chi connectivity index (χ3v) is 11.8. The molecule has 0 radical (unpaired) electrons. The zero-order valence-electron chi connectivity index (χ0n) is 21.1. The van der Waals surface area contributed by atoms with Crippen molar-refractivity contribution in [2.45, 2.75) is 12.8 Å². The Labute approximate surface area is 223 Å². The molecule has 2 N–H and O–H groups in total. The second-order valence-electron chi connectivity index (χ2n) is 9.13. The van der Waals surface area contributed by atoms with Crippen LogP contribution in [0.25, 0.3) is 0 Å². The van der Waals surface area contributed by atoms with E-state index in [-0.39, 0.29) is 0 Å². The van der Waals surface area contributed by atoms with Gasteiger partial charge in [-0.2, -0.15) is 0 Å². The Bertz CT molecular complexity index is 1290. The van der Waals surface area contributed by atoms with E-state index in [2.05, 4.69) is 140 Å². The van der Waals surface area contributed by atoms with E-state index in [1.54, 1.807) is 0 Å². The lowest BCUT2D eigenvalue weighted by molar-refractivity contribution is 1.05. The average molecular weight is 518 g/mol. The van der Waals surface area contributed by atoms with Crippen molar-refractivity contribution in [3.63, 3.8) is 0 Å². The molecule has 5 aromatic carbocycles. The van der Waals surface area contributed by atoms with E-state index >= 15 is 0 Å². The van der Waals surface area contributed by atoms with E-state index in [9.17, 15) is 0 Å². The lowest BCUT2D eigenvalue weighted by atomic mass is 10.0. The highest BCUT2D eigenvalue weighted by atomic mass is 31.1. The molecule has 0 spiro atoms. The molecule has 0 aliphatic heterocycles. The molecule has 0 bridgehead atoms. The minimum absolute atomic E-state index is 0.427. The molecule has 0 saturated heterocycles. The second kappa shape index (κ2) is 12.8. The predicted molar refractivity (Wildman–Crippen MR) is 166 cm³/mol. The van der Waals surface area contributed by atoms with Crippen molar-refractivity contribution in [3.8, 4) is 0 Å². The smallest absolute Gasteiger partial charge is 0.0349 e. The molecule has 0 fully saturated rings. The van der Waals surface area contributed by atoms with Gasteiger partial charge in [0.1, 0.15) is 0 Å². The van der Waals surface area contributed by atoms with Crippen LogP contribution in [-0.2, 0) is 12.8 Å². The second-order valence-corrected chi connectivity index (χ2v) is 13.8. The van der Waals surface area contributed by atoms with E-state index in [0.717, 1.165) is 30.9 Å². The van der Waals surface area contributed by atoms with Gasteiger partial charge in [0.25, 0.3) is 0 Å². The Morgan fingerprint density at radius 1 is 0.405 bits per heavy atom. The van der Waals surface area contributed by atoms with Crippen LogP contribution >= 0.6 is 15.8 Å². The summed E-state index contributed by atoms with van der Waals surface area (Å²) in [6.45, 7) is 0. The molecule has 184 valence electrons. The Balaban J connectivity index is 1.39. The molecule has 0 heterocycles. The van der Waals surface area contributed by atoms with Crippen molar-refractivity contribution in [1.29, 1.82) is 0 Å². The minimum atomic E-state index is -0.445. The van der Waals surface area contributed by atoms with Crippen molar-refractivity contribution >= 4 is 42.7 Å². The molecular weight excluding hydrogens is 484 g/mol. The summed E-state index contributed by atoms with van der Waals surface area (Å²) in [5.41, 5.74) is 10.3. The van der Waals surface area contributed by atoms with E-state index < -0.39 is 15.8 Å². The van der Waals surface area contributed by atoms with Crippen LogP contribution in [0.4, 0.5) is 5.69 Å². The monoisotopic (exact) mass is 517 g/mol. The molecule has 5 rings (SSSR count). The topological polar surface area (TPSA) is 26.0 Å². The van der Waals surface area contributed by atoms with Crippen molar-refractivity contribution in [2.24, 2.45) is 0 Å². The highest BCUT2D eigenvalue weighted by molar-refractivity contribution is 7.73. The first kappa shape index (κ1) is 25.4. The molecule has 0 amide bonds. The molecule has 0 unspecified atom stereocenters. The fourth-order valence-electron chi connectivity index (χ4n) is 4.90. The highest BCUT2D eigenvalue weighted by Gasteiger charge is 2.18. The molecule has 0 aliphatic rings. The van der Waals surface area contributed by atoms with Gasteiger partial charge in [-0.1, -0.05) is 133 Å². The number of nitrogen functional groups attached to an aromatic ring is 1. The van der Waals surface area contributed by atoms with Crippen molar-refractivity contribution in [3.05, 3.63) is 151 Å². The molecule has 5 aromatic rings. The van der Waals surface area contributed by atoms with Gasteiger partial charge in [0.2, 0.25) is 0 Å². The maximum absolute atomic E-state index is 6.63. The van der Waals surface area contributed by atoms with Gasteiger partial charge in [-0.25, -0.2) is 0 Å². The van der Waals surface area contributed by atoms with Crippen LogP contribution in [0.15, 0.2) is 140 Å². The van der Waals surface area contributed by atoms with Crippen molar-refractivity contribution in [2.75, 3.05) is 18.1 Å². The normalized spacial score (nSPS) is 11.2. The van der Waals surface area contributed by atoms with Crippen molar-refractivity contribution < 1.29 is 0 Å². The lowest BCUT2D eigenvalue weighted by Gasteiger charge is -2.22. The fourth-order valence-corrected chi connectivity index (χ4v) is 9.56. The maximum Gasteiger partial charge on any atom is 0.0349 e. The number of nitrogens with two attached hydrogens (primary N) is 1. The van der Waals surface area contributed by atoms with E-state index in [1.165, 1.54) is 32.3 Å². The average Bonchev–Trinajstić information content (AvgIpc) is 2.97. The number of hydrogen-bond acceptors (Lipinski definition) is 1. The van der Waals surface area contributed by atoms with Gasteiger partial charge in [0.15, 0.2) is 0 Å². The number of hydrogen-bond donors (Lipinski definition) is 1. The summed E-state index contributed by atoms with van der Waals surface area (Å²) in [6, 6.07) is 50.4. The zero-order chi connectivity index (χ0) is 25.3. The molecule has 0 aliphatic carbocycles. The summed E-state index contributed by atoms with van der Waals surface area (Å²) in [4.78, 5) is 0. The summed E-state index contributed by atoms with van der Waals surface area (Å²) in [5.74, 6) is 0. The van der Waals surface area contributed by atoms with Crippen molar-refractivity contribution in [1.82, 2.24) is 0 Å². The summed E-state index contributed by atoms with van der Waals surface area (Å²) in [7, 11) is -0.872. The van der Waals surface area contributed by atoms with E-state index in [1.807, 2.05) is 0 Å². The van der Waals surface area contributed by atoms with Gasteiger partial charge in [-0.3, -0.25) is 0 Å². The van der Waals surface area contributed by atoms with Crippen LogP contribution in [0.3, 0.4) is 0 Å². The van der Waals surface area contributed by atoms with E-state index in [0.29, 0.717) is 0 Å². The molecule has 3 heteroatoms. The maximum atomic E-state index is 6.63. The fraction of sp³-hybridized carbons (Fsp3) is 0.118. The molecule has 1 nitrogen and oxygen atoms in total. The molecule has 0 atom stereocenters. The lowest BCUT2D eigenvalue weighted by Crippen LogP contribution is -2.17.